The third-order valence-corrected chi connectivity index (χ3v) is 8.63. The number of Topliss-reactive ketones (excluding diaryl/α,β-unsaturated/α-hetero) is 1. The number of anilines is 1. The molecule has 2 aliphatic heterocycles. The minimum atomic E-state index is -0.938. The van der Waals surface area contributed by atoms with Gasteiger partial charge in [-0.15, -0.1) is 11.3 Å². The molecular formula is C34H37N3O9S. The van der Waals surface area contributed by atoms with Crippen LogP contribution in [0.5, 0.6) is 23.0 Å². The highest BCUT2D eigenvalue weighted by Crippen LogP contribution is 2.46. The SMILES string of the molecule is C[C@H]1CCCC(=O)CCC/C=C/c2cc(O)c(C(CC(=O)NCCC(=O)Nc3nccs3)c3ccc4c(c3)OCO4)c(O)c2C(=O)O1. The maximum absolute atomic E-state index is 13.6. The van der Waals surface area contributed by atoms with Crippen LogP contribution in [-0.2, 0) is 19.1 Å². The van der Waals surface area contributed by atoms with Crippen molar-refractivity contribution >= 4 is 46.1 Å². The standard InChI is InChI=1S/C34H37N3O9S/c1-20-6-5-9-23(38)8-4-2-3-7-22-16-25(39)31(32(42)30(22)33(43)46-20)24(21-10-11-26-27(17-21)45-19-44-26)18-29(41)35-13-12-28(40)37-34-36-14-15-47-34/h3,7,10-11,14-17,20,24,39,42H,2,4-6,8-9,12-13,18-19H2,1H3,(H,35,41)(H,36,37,40)/b7-3+/t20-,24?/m0/s1. The van der Waals surface area contributed by atoms with E-state index in [1.165, 1.54) is 17.4 Å². The van der Waals surface area contributed by atoms with Crippen LogP contribution in [0.15, 0.2) is 41.9 Å². The van der Waals surface area contributed by atoms with Gasteiger partial charge in [-0.2, -0.15) is 0 Å². The summed E-state index contributed by atoms with van der Waals surface area (Å²) in [5, 5.41) is 30.7. The summed E-state index contributed by atoms with van der Waals surface area (Å²) < 4.78 is 16.7. The molecule has 3 aromatic rings. The van der Waals surface area contributed by atoms with Gasteiger partial charge >= 0.3 is 5.97 Å². The molecule has 13 heteroatoms. The molecule has 0 saturated heterocycles. The fourth-order valence-electron chi connectivity index (χ4n) is 5.58. The number of phenols is 2. The van der Waals surface area contributed by atoms with Gasteiger partial charge in [0.15, 0.2) is 16.6 Å². The van der Waals surface area contributed by atoms with E-state index < -0.39 is 29.6 Å². The number of hydrogen-bond acceptors (Lipinski definition) is 11. The number of nitrogens with zero attached hydrogens (tertiary/aromatic N) is 1. The van der Waals surface area contributed by atoms with E-state index in [1.54, 1.807) is 48.9 Å². The number of amides is 2. The van der Waals surface area contributed by atoms with E-state index in [9.17, 15) is 29.4 Å². The van der Waals surface area contributed by atoms with Crippen molar-refractivity contribution in [1.82, 2.24) is 10.3 Å². The lowest BCUT2D eigenvalue weighted by atomic mass is 9.84. The van der Waals surface area contributed by atoms with E-state index in [1.807, 2.05) is 0 Å². The first kappa shape index (κ1) is 33.5. The summed E-state index contributed by atoms with van der Waals surface area (Å²) in [7, 11) is 0. The number of allylic oxidation sites excluding steroid dienone is 1. The van der Waals surface area contributed by atoms with Crippen molar-refractivity contribution in [3.05, 3.63) is 64.2 Å². The first-order valence-corrected chi connectivity index (χ1v) is 16.4. The van der Waals surface area contributed by atoms with Gasteiger partial charge in [0.2, 0.25) is 18.6 Å². The molecule has 0 aliphatic carbocycles. The number of ether oxygens (including phenoxy) is 3. The summed E-state index contributed by atoms with van der Waals surface area (Å²) in [4.78, 5) is 55.3. The highest BCUT2D eigenvalue weighted by Gasteiger charge is 2.32. The summed E-state index contributed by atoms with van der Waals surface area (Å²) in [6, 6.07) is 6.39. The van der Waals surface area contributed by atoms with Crippen molar-refractivity contribution in [2.75, 3.05) is 18.7 Å². The van der Waals surface area contributed by atoms with Gasteiger partial charge in [0.05, 0.1) is 6.10 Å². The van der Waals surface area contributed by atoms with Gasteiger partial charge in [0.1, 0.15) is 22.8 Å². The molecule has 0 fully saturated rings. The summed E-state index contributed by atoms with van der Waals surface area (Å²) in [5.74, 6) is -2.26. The molecule has 248 valence electrons. The number of thiazole rings is 1. The molecule has 0 saturated carbocycles. The number of cyclic esters (lactones) is 1. The first-order chi connectivity index (χ1) is 22.7. The van der Waals surface area contributed by atoms with Crippen LogP contribution in [0.4, 0.5) is 5.13 Å². The summed E-state index contributed by atoms with van der Waals surface area (Å²) in [6.45, 7) is 1.78. The molecule has 5 rings (SSSR count). The zero-order valence-electron chi connectivity index (χ0n) is 26.0. The lowest BCUT2D eigenvalue weighted by molar-refractivity contribution is -0.121. The van der Waals surface area contributed by atoms with Gasteiger partial charge in [-0.25, -0.2) is 9.78 Å². The van der Waals surface area contributed by atoms with Crippen molar-refractivity contribution in [3.8, 4) is 23.0 Å². The Labute approximate surface area is 275 Å². The first-order valence-electron chi connectivity index (χ1n) is 15.5. The highest BCUT2D eigenvalue weighted by atomic mass is 32.1. The summed E-state index contributed by atoms with van der Waals surface area (Å²) >= 11 is 1.28. The van der Waals surface area contributed by atoms with E-state index in [0.29, 0.717) is 60.7 Å². The topological polar surface area (TPSA) is 173 Å². The van der Waals surface area contributed by atoms with E-state index in [4.69, 9.17) is 14.2 Å². The predicted octanol–water partition coefficient (Wildman–Crippen LogP) is 5.43. The van der Waals surface area contributed by atoms with Crippen molar-refractivity contribution < 1.29 is 43.6 Å². The van der Waals surface area contributed by atoms with Crippen LogP contribution in [0.25, 0.3) is 6.08 Å². The molecule has 0 spiro atoms. The van der Waals surface area contributed by atoms with Crippen molar-refractivity contribution in [1.29, 1.82) is 0 Å². The number of nitrogens with one attached hydrogen (secondary N) is 2. The Bertz CT molecular complexity index is 1650. The number of aromatic hydroxyl groups is 2. The number of ketones is 1. The van der Waals surface area contributed by atoms with Crippen LogP contribution in [0.1, 0.15) is 91.3 Å². The number of aromatic nitrogens is 1. The predicted molar refractivity (Wildman–Crippen MR) is 174 cm³/mol. The Morgan fingerprint density at radius 3 is 2.70 bits per heavy atom. The molecule has 1 aromatic heterocycles. The Hall–Kier alpha value is -4.91. The summed E-state index contributed by atoms with van der Waals surface area (Å²) in [6.07, 6.45) is 7.25. The minimum Gasteiger partial charge on any atom is -0.507 e. The van der Waals surface area contributed by atoms with E-state index in [2.05, 4.69) is 15.6 Å². The van der Waals surface area contributed by atoms with E-state index in [0.717, 1.165) is 0 Å². The Balaban J connectivity index is 1.45. The molecule has 2 aliphatic rings. The molecule has 2 amide bonds. The molecule has 0 bridgehead atoms. The fraction of sp³-hybridized carbons (Fsp3) is 0.382. The van der Waals surface area contributed by atoms with Gasteiger partial charge in [-0.05, 0) is 61.9 Å². The van der Waals surface area contributed by atoms with Crippen molar-refractivity contribution in [3.63, 3.8) is 0 Å². The van der Waals surface area contributed by atoms with E-state index >= 15 is 0 Å². The lowest BCUT2D eigenvalue weighted by Crippen LogP contribution is -2.29. The molecule has 0 radical (unpaired) electrons. The molecule has 1 unspecified atom stereocenters. The van der Waals surface area contributed by atoms with Gasteiger partial charge in [0.25, 0.3) is 0 Å². The summed E-state index contributed by atoms with van der Waals surface area (Å²) in [5.41, 5.74) is 0.576. The van der Waals surface area contributed by atoms with Crippen LogP contribution in [0.3, 0.4) is 0 Å². The lowest BCUT2D eigenvalue weighted by Gasteiger charge is -2.23. The normalized spacial score (nSPS) is 17.9. The van der Waals surface area contributed by atoms with Crippen LogP contribution in [-0.4, -0.2) is 58.2 Å². The number of rotatable bonds is 8. The second-order valence-corrected chi connectivity index (χ2v) is 12.3. The number of esters is 1. The van der Waals surface area contributed by atoms with Crippen LogP contribution in [0, 0.1) is 0 Å². The third-order valence-electron chi connectivity index (χ3n) is 7.94. The average Bonchev–Trinajstić information content (AvgIpc) is 3.71. The zero-order chi connectivity index (χ0) is 33.3. The molecular weight excluding hydrogens is 626 g/mol. The highest BCUT2D eigenvalue weighted by molar-refractivity contribution is 7.13. The minimum absolute atomic E-state index is 0.000123. The maximum Gasteiger partial charge on any atom is 0.342 e. The van der Waals surface area contributed by atoms with Gasteiger partial charge < -0.3 is 35.1 Å². The van der Waals surface area contributed by atoms with Gasteiger partial charge in [-0.3, -0.25) is 14.4 Å². The van der Waals surface area contributed by atoms with Gasteiger partial charge in [0, 0.05) is 55.3 Å². The number of phenolic OH excluding ortho intramolecular Hbond substituents is 2. The van der Waals surface area contributed by atoms with Crippen molar-refractivity contribution in [2.24, 2.45) is 0 Å². The number of benzene rings is 2. The quantitative estimate of drug-likeness (QED) is 0.228. The second-order valence-electron chi connectivity index (χ2n) is 11.4. The smallest absolute Gasteiger partial charge is 0.342 e. The van der Waals surface area contributed by atoms with Crippen LogP contribution >= 0.6 is 11.3 Å². The Morgan fingerprint density at radius 2 is 1.89 bits per heavy atom. The van der Waals surface area contributed by atoms with Crippen molar-refractivity contribution in [2.45, 2.75) is 70.3 Å². The van der Waals surface area contributed by atoms with Crippen LogP contribution in [0.2, 0.25) is 0 Å². The Morgan fingerprint density at radius 1 is 1.09 bits per heavy atom. The molecule has 47 heavy (non-hydrogen) atoms. The fourth-order valence-corrected chi connectivity index (χ4v) is 6.12. The Kier molecular flexibility index (Phi) is 11.1. The monoisotopic (exact) mass is 663 g/mol. The zero-order valence-corrected chi connectivity index (χ0v) is 26.8. The number of hydrogen-bond donors (Lipinski definition) is 4. The largest absolute Gasteiger partial charge is 0.507 e. The molecule has 4 N–H and O–H groups in total. The number of fused-ring (bicyclic) bond motifs is 2. The maximum atomic E-state index is 13.6. The molecule has 12 nitrogen and oxygen atoms in total. The van der Waals surface area contributed by atoms with Crippen LogP contribution < -0.4 is 20.1 Å². The molecule has 3 heterocycles. The molecule has 2 aromatic carbocycles. The number of carbonyl (C=O) groups is 4. The third kappa shape index (κ3) is 8.67. The second kappa shape index (κ2) is 15.6. The average molecular weight is 664 g/mol. The molecule has 2 atom stereocenters. The number of carbonyl (C=O) groups excluding carboxylic acids is 4. The van der Waals surface area contributed by atoms with E-state index in [-0.39, 0.29) is 60.3 Å². The van der Waals surface area contributed by atoms with Gasteiger partial charge in [-0.1, -0.05) is 18.2 Å².